The molecule has 3 aromatic rings. The van der Waals surface area contributed by atoms with Gasteiger partial charge >= 0.3 is 25.9 Å². The van der Waals surface area contributed by atoms with E-state index in [0.717, 1.165) is 0 Å². The lowest BCUT2D eigenvalue weighted by atomic mass is 9.66. The SMILES string of the molecule is CC(C)[C@@H](NC(=O)NCC(C)(C)OP(=O)(OC(C)(C)CNC(=O)N[C@@H](C(=O)N1CC[C@](O)(c2ccc(Cl)cc2)C(C)(C)C1)C(C)C)OC(C)(C)CNC(=O)N[C@@H](C(=O)N1CC[C@](O)(c2ccc(Cl)cc2)C(C)(C)C1)C(C)C)C(=O)N1CC[C@](O)(c2ccc(Cl)cc2)C(C)(C)C1. The molecule has 6 rings (SSSR count). The van der Waals surface area contributed by atoms with E-state index in [1.165, 1.54) is 41.5 Å². The second kappa shape index (κ2) is 30.1. The van der Waals surface area contributed by atoms with E-state index < -0.39 is 93.9 Å². The molecule has 9 amide bonds. The summed E-state index contributed by atoms with van der Waals surface area (Å²) >= 11 is 18.5. The summed E-state index contributed by atoms with van der Waals surface area (Å²) in [5.41, 5.74) is -8.85. The third-order valence-electron chi connectivity index (χ3n) is 19.0. The number of hydrogen-bond donors (Lipinski definition) is 9. The zero-order chi connectivity index (χ0) is 71.5. The lowest BCUT2D eigenvalue weighted by molar-refractivity contribution is -0.156. The molecule has 22 nitrogen and oxygen atoms in total. The molecule has 0 aromatic heterocycles. The first-order valence-corrected chi connectivity index (χ1v) is 35.4. The smallest absolute Gasteiger partial charge is 0.384 e. The van der Waals surface area contributed by atoms with Gasteiger partial charge < -0.3 is 61.9 Å². The van der Waals surface area contributed by atoms with Crippen molar-refractivity contribution in [1.82, 2.24) is 46.6 Å². The Balaban J connectivity index is 1.15. The number of rotatable bonds is 24. The molecule has 95 heavy (non-hydrogen) atoms. The lowest BCUT2D eigenvalue weighted by Crippen LogP contribution is -2.61. The highest BCUT2D eigenvalue weighted by Gasteiger charge is 2.54. The van der Waals surface area contributed by atoms with Crippen molar-refractivity contribution in [2.75, 3.05) is 58.9 Å². The number of amides is 9. The first-order valence-electron chi connectivity index (χ1n) is 32.8. The van der Waals surface area contributed by atoms with Crippen LogP contribution in [-0.4, -0.2) is 160 Å². The molecule has 26 heteroatoms. The minimum Gasteiger partial charge on any atom is -0.384 e. The first kappa shape index (κ1) is 78.7. The molecule has 3 heterocycles. The van der Waals surface area contributed by atoms with Crippen LogP contribution in [0.3, 0.4) is 0 Å². The van der Waals surface area contributed by atoms with Gasteiger partial charge in [-0.2, -0.15) is 0 Å². The predicted octanol–water partition coefficient (Wildman–Crippen LogP) is 10.9. The van der Waals surface area contributed by atoms with Gasteiger partial charge in [-0.1, -0.05) is 154 Å². The monoisotopic (exact) mass is 1400 g/mol. The maximum atomic E-state index is 15.5. The van der Waals surface area contributed by atoms with Gasteiger partial charge in [0.15, 0.2) is 0 Å². The number of hydrogen-bond acceptors (Lipinski definition) is 13. The summed E-state index contributed by atoms with van der Waals surface area (Å²) < 4.78 is 34.5. The normalized spacial score (nSPS) is 22.5. The number of piperidine rings is 3. The summed E-state index contributed by atoms with van der Waals surface area (Å²) in [6.07, 6.45) is 0.696. The van der Waals surface area contributed by atoms with Crippen LogP contribution in [0.15, 0.2) is 72.8 Å². The topological polar surface area (TPSA) is 290 Å². The van der Waals surface area contributed by atoms with Crippen LogP contribution in [0.2, 0.25) is 15.1 Å². The molecular weight excluding hydrogens is 1300 g/mol. The molecule has 0 saturated carbocycles. The number of benzene rings is 3. The number of halogens is 3. The van der Waals surface area contributed by atoms with Crippen molar-refractivity contribution in [1.29, 1.82) is 0 Å². The maximum absolute atomic E-state index is 15.5. The molecule has 0 aliphatic carbocycles. The van der Waals surface area contributed by atoms with E-state index in [4.69, 9.17) is 48.4 Å². The van der Waals surface area contributed by atoms with Crippen LogP contribution in [0.25, 0.3) is 0 Å². The summed E-state index contributed by atoms with van der Waals surface area (Å²) in [5, 5.41) is 54.3. The van der Waals surface area contributed by atoms with Crippen molar-refractivity contribution in [3.63, 3.8) is 0 Å². The zero-order valence-corrected chi connectivity index (χ0v) is 61.9. The van der Waals surface area contributed by atoms with Crippen molar-refractivity contribution in [3.8, 4) is 0 Å². The van der Waals surface area contributed by atoms with Crippen molar-refractivity contribution in [2.45, 2.75) is 196 Å². The minimum atomic E-state index is -4.92. The van der Waals surface area contributed by atoms with Crippen molar-refractivity contribution in [2.24, 2.45) is 34.0 Å². The Morgan fingerprint density at radius 3 is 0.842 bits per heavy atom. The van der Waals surface area contributed by atoms with Crippen LogP contribution in [0.1, 0.15) is 161 Å². The van der Waals surface area contributed by atoms with E-state index in [-0.39, 0.29) is 114 Å². The van der Waals surface area contributed by atoms with Gasteiger partial charge in [0, 0.05) is 90.2 Å². The van der Waals surface area contributed by atoms with E-state index in [9.17, 15) is 44.1 Å². The number of carbonyl (C=O) groups is 6. The summed E-state index contributed by atoms with van der Waals surface area (Å²) in [6, 6.07) is 15.8. The van der Waals surface area contributed by atoms with Crippen molar-refractivity contribution in [3.05, 3.63) is 105 Å². The van der Waals surface area contributed by atoms with E-state index in [2.05, 4.69) is 31.9 Å². The number of carbonyl (C=O) groups excluding carboxylic acids is 6. The van der Waals surface area contributed by atoms with Gasteiger partial charge in [0.1, 0.15) is 18.1 Å². The molecule has 9 N–H and O–H groups in total. The molecule has 3 aliphatic heterocycles. The largest absolute Gasteiger partial charge is 0.476 e. The zero-order valence-electron chi connectivity index (χ0n) is 58.7. The average Bonchev–Trinajstić information content (AvgIpc) is 0.763. The fraction of sp³-hybridized carbons (Fsp3) is 0.652. The second-order valence-corrected chi connectivity index (χ2v) is 33.7. The standard InChI is InChI=1S/C69H105Cl3N9O13P/c1-43(2)52(55(82)79-34-31-67(88,61(7,8)40-79)46-19-25-49(70)26-20-46)76-58(85)73-37-64(13,14)92-95(91,93-65(15,16)38-74-59(86)77-53(44(3)4)56(83)80-35-32-68(89,62(9,10)41-80)47-21-27-50(71)28-22-47)94-66(17,18)39-75-60(87)78-54(45(5)6)57(84)81-36-33-69(90,63(11,12)42-81)48-23-29-51(72)30-24-48/h19-30,43-45,52-54,88-90H,31-42H2,1-18H3,(H2,73,76,85)(H2,74,77,86)(H2,75,78,87)/t52-,53-,54-,67+,68+,69+/m1/s1. The number of aliphatic hydroxyl groups is 3. The van der Waals surface area contributed by atoms with Gasteiger partial charge in [-0.05, 0) is 132 Å². The summed E-state index contributed by atoms with van der Waals surface area (Å²) in [4.78, 5) is 89.5. The molecule has 3 saturated heterocycles. The molecule has 0 bridgehead atoms. The fourth-order valence-electron chi connectivity index (χ4n) is 13.0. The fourth-order valence-corrected chi connectivity index (χ4v) is 15.5. The van der Waals surface area contributed by atoms with E-state index in [0.29, 0.717) is 31.8 Å². The molecule has 0 radical (unpaired) electrons. The molecule has 3 fully saturated rings. The Hall–Kier alpha value is -5.26. The number of likely N-dealkylation sites (tertiary alicyclic amines) is 3. The predicted molar refractivity (Wildman–Crippen MR) is 370 cm³/mol. The Bertz CT molecular complexity index is 2920. The number of phosphoric ester groups is 1. The molecular formula is C69H105Cl3N9O13P. The van der Waals surface area contributed by atoms with Crippen molar-refractivity contribution >= 4 is 78.4 Å². The lowest BCUT2D eigenvalue weighted by Gasteiger charge is -2.51. The number of urea groups is 3. The quantitative estimate of drug-likeness (QED) is 0.0378. The van der Waals surface area contributed by atoms with Crippen LogP contribution in [0.4, 0.5) is 14.4 Å². The highest BCUT2D eigenvalue weighted by molar-refractivity contribution is 7.48. The van der Waals surface area contributed by atoms with Crippen LogP contribution in [-0.2, 0) is 49.3 Å². The number of nitrogens with zero attached hydrogens (tertiary/aromatic N) is 3. The summed E-state index contributed by atoms with van der Waals surface area (Å²) in [7, 11) is -4.92. The molecule has 3 aromatic carbocycles. The highest BCUT2D eigenvalue weighted by Crippen LogP contribution is 2.58. The molecule has 6 atom stereocenters. The van der Waals surface area contributed by atoms with Crippen LogP contribution < -0.4 is 31.9 Å². The second-order valence-electron chi connectivity index (χ2n) is 30.9. The van der Waals surface area contributed by atoms with E-state index >= 15 is 4.57 Å². The Morgan fingerprint density at radius 1 is 0.442 bits per heavy atom. The van der Waals surface area contributed by atoms with Crippen LogP contribution in [0, 0.1) is 34.0 Å². The highest BCUT2D eigenvalue weighted by atomic mass is 35.5. The number of phosphoric acid groups is 1. The maximum Gasteiger partial charge on any atom is 0.476 e. The molecule has 3 aliphatic rings. The van der Waals surface area contributed by atoms with E-state index in [1.54, 1.807) is 129 Å². The molecule has 530 valence electrons. The number of nitrogens with one attached hydrogen (secondary N) is 6. The third kappa shape index (κ3) is 19.1. The average molecular weight is 1410 g/mol. The minimum absolute atomic E-state index is 0.185. The van der Waals surface area contributed by atoms with Gasteiger partial charge in [-0.3, -0.25) is 28.0 Å². The van der Waals surface area contributed by atoms with Gasteiger partial charge in [-0.25, -0.2) is 18.9 Å². The van der Waals surface area contributed by atoms with Crippen LogP contribution >= 0.6 is 42.6 Å². The Kier molecular flexibility index (Phi) is 24.9. The van der Waals surface area contributed by atoms with Crippen LogP contribution in [0.5, 0.6) is 0 Å². The summed E-state index contributed by atoms with van der Waals surface area (Å²) in [5.74, 6) is -2.16. The first-order chi connectivity index (χ1) is 43.6. The van der Waals surface area contributed by atoms with Gasteiger partial charge in [0.2, 0.25) is 17.7 Å². The van der Waals surface area contributed by atoms with Gasteiger partial charge in [0.25, 0.3) is 0 Å². The molecule has 0 spiro atoms. The van der Waals surface area contributed by atoms with E-state index in [1.807, 2.05) is 41.5 Å². The van der Waals surface area contributed by atoms with Gasteiger partial charge in [0.05, 0.1) is 33.6 Å². The summed E-state index contributed by atoms with van der Waals surface area (Å²) in [6.45, 7) is 31.5. The third-order valence-corrected chi connectivity index (χ3v) is 21.9. The van der Waals surface area contributed by atoms with Gasteiger partial charge in [-0.15, -0.1) is 0 Å². The molecule has 0 unspecified atom stereocenters. The Morgan fingerprint density at radius 2 is 0.653 bits per heavy atom. The Labute approximate surface area is 577 Å². The van der Waals surface area contributed by atoms with Crippen molar-refractivity contribution < 1.29 is 62.2 Å².